The Morgan fingerprint density at radius 2 is 1.90 bits per heavy atom. The minimum absolute atomic E-state index is 0.0365. The van der Waals surface area contributed by atoms with Gasteiger partial charge in [0.15, 0.2) is 11.5 Å². The first kappa shape index (κ1) is 28.5. The maximum atomic E-state index is 13.6. The fourth-order valence-electron chi connectivity index (χ4n) is 4.78. The molecule has 1 N–H and O–H groups in total. The maximum absolute atomic E-state index is 13.6. The van der Waals surface area contributed by atoms with Crippen LogP contribution in [0.2, 0.25) is 0 Å². The summed E-state index contributed by atoms with van der Waals surface area (Å²) >= 11 is 0. The number of allylic oxidation sites excluding steroid dienone is 1. The van der Waals surface area contributed by atoms with E-state index >= 15 is 0 Å². The third kappa shape index (κ3) is 6.01. The smallest absolute Gasteiger partial charge is 0.300 e. The van der Waals surface area contributed by atoms with Crippen molar-refractivity contribution >= 4 is 27.7 Å². The highest BCUT2D eigenvalue weighted by Crippen LogP contribution is 2.27. The Bertz CT molecular complexity index is 1710. The lowest BCUT2D eigenvalue weighted by atomic mass is 9.94. The van der Waals surface area contributed by atoms with E-state index in [4.69, 9.17) is 14.2 Å². The minimum atomic E-state index is -4.13. The van der Waals surface area contributed by atoms with Crippen LogP contribution < -0.4 is 15.0 Å². The van der Waals surface area contributed by atoms with Crippen LogP contribution in [0.1, 0.15) is 22.6 Å². The zero-order valence-corrected chi connectivity index (χ0v) is 23.8. The summed E-state index contributed by atoms with van der Waals surface area (Å²) in [5.74, 6) is -1.63. The molecule has 2 aliphatic rings. The fourth-order valence-corrected chi connectivity index (χ4v) is 6.08. The van der Waals surface area contributed by atoms with Crippen LogP contribution in [0, 0.1) is 13.8 Å². The van der Waals surface area contributed by atoms with E-state index in [0.29, 0.717) is 43.1 Å². The number of aromatic nitrogens is 2. The molecule has 216 valence electrons. The second-order valence-corrected chi connectivity index (χ2v) is 11.5. The number of morpholine rings is 1. The van der Waals surface area contributed by atoms with E-state index in [0.717, 1.165) is 18.7 Å². The van der Waals surface area contributed by atoms with Gasteiger partial charge in [-0.05, 0) is 37.1 Å². The van der Waals surface area contributed by atoms with Gasteiger partial charge in [-0.25, -0.2) is 18.4 Å². The van der Waals surface area contributed by atoms with Crippen molar-refractivity contribution in [3.63, 3.8) is 0 Å². The van der Waals surface area contributed by atoms with Crippen molar-refractivity contribution in [2.75, 3.05) is 46.6 Å². The molecule has 0 spiro atoms. The standard InChI is InChI=1S/C28H31N5O7S/c1-18-4-6-23(19(2)14-18)41(36,37)31-25-26(34)21(15-30-27(25)38-3)20-5-7-24-29-16-22(28(35)33(24)17-20)40-13-10-32-8-11-39-12-9-32/h4-7,14-17,21,31H,8-13H2,1-3H3. The Labute approximate surface area is 237 Å². The first-order valence-corrected chi connectivity index (χ1v) is 14.6. The van der Waals surface area contributed by atoms with Gasteiger partial charge in [0.05, 0.1) is 37.3 Å². The molecule has 5 rings (SSSR count). The normalized spacial score (nSPS) is 18.1. The van der Waals surface area contributed by atoms with E-state index in [1.165, 1.54) is 36.2 Å². The largest absolute Gasteiger partial charge is 0.485 e. The van der Waals surface area contributed by atoms with E-state index < -0.39 is 27.3 Å². The molecular weight excluding hydrogens is 550 g/mol. The van der Waals surface area contributed by atoms with Gasteiger partial charge in [0.1, 0.15) is 12.3 Å². The van der Waals surface area contributed by atoms with Gasteiger partial charge in [0, 0.05) is 32.0 Å². The van der Waals surface area contributed by atoms with E-state index in [9.17, 15) is 18.0 Å². The molecule has 1 atom stereocenters. The minimum Gasteiger partial charge on any atom is -0.485 e. The maximum Gasteiger partial charge on any atom is 0.300 e. The first-order chi connectivity index (χ1) is 19.7. The highest BCUT2D eigenvalue weighted by molar-refractivity contribution is 7.89. The molecule has 2 aromatic heterocycles. The Morgan fingerprint density at radius 1 is 1.12 bits per heavy atom. The lowest BCUT2D eigenvalue weighted by molar-refractivity contribution is -0.116. The molecule has 13 heteroatoms. The number of nitrogens with one attached hydrogen (secondary N) is 1. The molecule has 1 aromatic carbocycles. The number of methoxy groups -OCH3 is 1. The molecule has 3 aromatic rings. The average Bonchev–Trinajstić information content (AvgIpc) is 2.95. The van der Waals surface area contributed by atoms with Crippen LogP contribution in [-0.4, -0.2) is 81.3 Å². The van der Waals surface area contributed by atoms with Crippen LogP contribution in [0.15, 0.2) is 69.0 Å². The molecule has 1 fully saturated rings. The topological polar surface area (TPSA) is 141 Å². The lowest BCUT2D eigenvalue weighted by Gasteiger charge is -2.26. The van der Waals surface area contributed by atoms with Crippen LogP contribution in [-0.2, 0) is 24.3 Å². The molecule has 1 unspecified atom stereocenters. The Morgan fingerprint density at radius 3 is 2.63 bits per heavy atom. The molecule has 0 saturated carbocycles. The van der Waals surface area contributed by atoms with Crippen LogP contribution in [0.25, 0.3) is 5.65 Å². The number of rotatable bonds is 9. The fraction of sp³-hybridized carbons (Fsp3) is 0.357. The summed E-state index contributed by atoms with van der Waals surface area (Å²) < 4.78 is 46.5. The third-order valence-electron chi connectivity index (χ3n) is 6.95. The van der Waals surface area contributed by atoms with Gasteiger partial charge in [0.25, 0.3) is 15.6 Å². The van der Waals surface area contributed by atoms with E-state index in [1.807, 2.05) is 6.92 Å². The summed E-state index contributed by atoms with van der Waals surface area (Å²) in [6, 6.07) is 8.15. The summed E-state index contributed by atoms with van der Waals surface area (Å²) in [6.45, 7) is 7.44. The number of aryl methyl sites for hydroxylation is 2. The number of carbonyl (C=O) groups is 1. The molecule has 1 saturated heterocycles. The number of ketones is 1. The van der Waals surface area contributed by atoms with Gasteiger partial charge in [-0.1, -0.05) is 23.8 Å². The number of carbonyl (C=O) groups excluding carboxylic acids is 1. The second-order valence-electron chi connectivity index (χ2n) is 9.80. The molecule has 0 bridgehead atoms. The van der Waals surface area contributed by atoms with Crippen molar-refractivity contribution in [2.24, 2.45) is 4.99 Å². The zero-order valence-electron chi connectivity index (χ0n) is 23.0. The molecule has 12 nitrogen and oxygen atoms in total. The number of ether oxygens (including phenoxy) is 3. The van der Waals surface area contributed by atoms with E-state index in [2.05, 4.69) is 19.6 Å². The summed E-state index contributed by atoms with van der Waals surface area (Å²) in [5.41, 5.74) is 1.49. The number of Topliss-reactive ketones (excluding diaryl/α,β-unsaturated/α-hetero) is 1. The Balaban J connectivity index is 1.39. The number of benzene rings is 1. The third-order valence-corrected chi connectivity index (χ3v) is 8.46. The van der Waals surface area contributed by atoms with Crippen molar-refractivity contribution in [2.45, 2.75) is 24.7 Å². The molecular formula is C28H31N5O7S. The number of aliphatic imine (C=N–C) groups is 1. The van der Waals surface area contributed by atoms with Gasteiger partial charge in [-0.2, -0.15) is 0 Å². The van der Waals surface area contributed by atoms with Gasteiger partial charge in [-0.3, -0.25) is 23.6 Å². The van der Waals surface area contributed by atoms with Crippen molar-refractivity contribution < 1.29 is 27.4 Å². The summed E-state index contributed by atoms with van der Waals surface area (Å²) in [7, 11) is -2.83. The molecule has 4 heterocycles. The predicted octanol–water partition coefficient (Wildman–Crippen LogP) is 1.55. The van der Waals surface area contributed by atoms with Crippen molar-refractivity contribution in [1.82, 2.24) is 19.0 Å². The van der Waals surface area contributed by atoms with Gasteiger partial charge >= 0.3 is 0 Å². The molecule has 0 amide bonds. The number of fused-ring (bicyclic) bond motifs is 1. The second kappa shape index (κ2) is 11.8. The SMILES string of the molecule is COC1=C(NS(=O)(=O)c2ccc(C)cc2C)C(=O)C(c2ccc3ncc(OCCN4CCOCC4)c(=O)n3c2)C=N1. The average molecular weight is 582 g/mol. The number of pyridine rings is 1. The lowest BCUT2D eigenvalue weighted by Crippen LogP contribution is -2.39. The molecule has 41 heavy (non-hydrogen) atoms. The quantitative estimate of drug-likeness (QED) is 0.399. The Hall–Kier alpha value is -4.07. The van der Waals surface area contributed by atoms with Crippen LogP contribution in [0.3, 0.4) is 0 Å². The number of sulfonamides is 1. The monoisotopic (exact) mass is 581 g/mol. The van der Waals surface area contributed by atoms with Crippen LogP contribution >= 0.6 is 0 Å². The zero-order chi connectivity index (χ0) is 29.1. The highest BCUT2D eigenvalue weighted by Gasteiger charge is 2.33. The molecule has 0 aliphatic carbocycles. The molecule has 0 radical (unpaired) electrons. The van der Waals surface area contributed by atoms with Gasteiger partial charge in [0.2, 0.25) is 11.6 Å². The number of nitrogens with zero attached hydrogens (tertiary/aromatic N) is 4. The number of hydrogen-bond acceptors (Lipinski definition) is 10. The van der Waals surface area contributed by atoms with Crippen LogP contribution in [0.4, 0.5) is 0 Å². The van der Waals surface area contributed by atoms with Gasteiger partial charge in [-0.15, -0.1) is 0 Å². The molecule has 2 aliphatic heterocycles. The van der Waals surface area contributed by atoms with Crippen molar-refractivity contribution in [3.8, 4) is 5.75 Å². The first-order valence-electron chi connectivity index (χ1n) is 13.1. The summed E-state index contributed by atoms with van der Waals surface area (Å²) in [5, 5.41) is 0. The van der Waals surface area contributed by atoms with Crippen LogP contribution in [0.5, 0.6) is 5.75 Å². The number of hydrogen-bond donors (Lipinski definition) is 1. The predicted molar refractivity (Wildman–Crippen MR) is 151 cm³/mol. The van der Waals surface area contributed by atoms with Crippen molar-refractivity contribution in [1.29, 1.82) is 0 Å². The van der Waals surface area contributed by atoms with Gasteiger partial charge < -0.3 is 14.2 Å². The summed E-state index contributed by atoms with van der Waals surface area (Å²) in [4.78, 5) is 37.6. The van der Waals surface area contributed by atoms with E-state index in [1.54, 1.807) is 31.2 Å². The van der Waals surface area contributed by atoms with Crippen molar-refractivity contribution in [3.05, 3.63) is 81.3 Å². The highest BCUT2D eigenvalue weighted by atomic mass is 32.2. The Kier molecular flexibility index (Phi) is 8.20. The summed E-state index contributed by atoms with van der Waals surface area (Å²) in [6.07, 6.45) is 4.23. The van der Waals surface area contributed by atoms with E-state index in [-0.39, 0.29) is 22.2 Å².